The number of piperazine rings is 1. The van der Waals surface area contributed by atoms with Crippen molar-refractivity contribution < 1.29 is 4.79 Å². The van der Waals surface area contributed by atoms with Gasteiger partial charge in [0, 0.05) is 39.1 Å². The second-order valence-electron chi connectivity index (χ2n) is 6.38. The van der Waals surface area contributed by atoms with Crippen LogP contribution in [0.5, 0.6) is 0 Å². The summed E-state index contributed by atoms with van der Waals surface area (Å²) < 4.78 is 0. The molecule has 1 aromatic rings. The Morgan fingerprint density at radius 2 is 1.82 bits per heavy atom. The summed E-state index contributed by atoms with van der Waals surface area (Å²) in [6.45, 7) is 9.25. The molecule has 0 spiro atoms. The fraction of sp³-hybridized carbons (Fsp3) is 0.556. The van der Waals surface area contributed by atoms with Crippen molar-refractivity contribution in [3.63, 3.8) is 0 Å². The Bertz CT molecular complexity index is 522. The molecule has 0 aromatic heterocycles. The van der Waals surface area contributed by atoms with Crippen molar-refractivity contribution in [1.82, 2.24) is 9.80 Å². The van der Waals surface area contributed by atoms with E-state index >= 15 is 0 Å². The molecular formula is C18H25N3O. The van der Waals surface area contributed by atoms with E-state index in [-0.39, 0.29) is 5.91 Å². The molecule has 1 aliphatic heterocycles. The van der Waals surface area contributed by atoms with Crippen LogP contribution in [0, 0.1) is 17.2 Å². The van der Waals surface area contributed by atoms with E-state index in [1.165, 1.54) is 0 Å². The monoisotopic (exact) mass is 299 g/mol. The van der Waals surface area contributed by atoms with Crippen LogP contribution in [0.4, 0.5) is 0 Å². The maximum atomic E-state index is 12.3. The highest BCUT2D eigenvalue weighted by atomic mass is 16.2. The summed E-state index contributed by atoms with van der Waals surface area (Å²) in [6, 6.07) is 9.60. The third-order valence-electron chi connectivity index (χ3n) is 4.06. The molecule has 4 nitrogen and oxygen atoms in total. The van der Waals surface area contributed by atoms with Crippen molar-refractivity contribution >= 4 is 5.91 Å². The number of hydrogen-bond donors (Lipinski definition) is 0. The number of nitrogens with zero attached hydrogens (tertiary/aromatic N) is 3. The van der Waals surface area contributed by atoms with E-state index in [0.29, 0.717) is 17.9 Å². The zero-order chi connectivity index (χ0) is 15.9. The van der Waals surface area contributed by atoms with Gasteiger partial charge in [0.15, 0.2) is 0 Å². The molecule has 1 aliphatic rings. The zero-order valence-corrected chi connectivity index (χ0v) is 13.6. The van der Waals surface area contributed by atoms with Crippen molar-refractivity contribution in [2.75, 3.05) is 32.7 Å². The minimum absolute atomic E-state index is 0.244. The van der Waals surface area contributed by atoms with Crippen LogP contribution in [0.2, 0.25) is 0 Å². The van der Waals surface area contributed by atoms with Crippen molar-refractivity contribution in [1.29, 1.82) is 5.26 Å². The predicted octanol–water partition coefficient (Wildman–Crippen LogP) is 2.29. The van der Waals surface area contributed by atoms with Gasteiger partial charge in [0.1, 0.15) is 0 Å². The quantitative estimate of drug-likeness (QED) is 0.838. The SMILES string of the molecule is CC(C)CN1CCN(C(=O)CCc2ccc(C#N)cc2)CC1. The van der Waals surface area contributed by atoms with Crippen molar-refractivity contribution in [3.05, 3.63) is 35.4 Å². The van der Waals surface area contributed by atoms with E-state index in [1.54, 1.807) is 0 Å². The van der Waals surface area contributed by atoms with Gasteiger partial charge < -0.3 is 4.90 Å². The van der Waals surface area contributed by atoms with Gasteiger partial charge in [-0.3, -0.25) is 9.69 Å². The lowest BCUT2D eigenvalue weighted by Gasteiger charge is -2.35. The van der Waals surface area contributed by atoms with E-state index in [1.807, 2.05) is 29.2 Å². The molecule has 0 saturated carbocycles. The van der Waals surface area contributed by atoms with Gasteiger partial charge in [0.05, 0.1) is 11.6 Å². The second kappa shape index (κ2) is 7.95. The number of carbonyl (C=O) groups is 1. The molecule has 1 amide bonds. The van der Waals surface area contributed by atoms with E-state index in [9.17, 15) is 4.79 Å². The molecule has 22 heavy (non-hydrogen) atoms. The van der Waals surface area contributed by atoms with Gasteiger partial charge in [0.2, 0.25) is 5.91 Å². The average molecular weight is 299 g/mol. The fourth-order valence-electron chi connectivity index (χ4n) is 2.85. The number of carbonyl (C=O) groups excluding carboxylic acids is 1. The normalized spacial score (nSPS) is 15.8. The Morgan fingerprint density at radius 1 is 1.18 bits per heavy atom. The smallest absolute Gasteiger partial charge is 0.222 e. The average Bonchev–Trinajstić information content (AvgIpc) is 2.53. The number of rotatable bonds is 5. The Hall–Kier alpha value is -1.86. The maximum absolute atomic E-state index is 12.3. The molecule has 0 bridgehead atoms. The molecule has 0 atom stereocenters. The first-order valence-corrected chi connectivity index (χ1v) is 8.07. The van der Waals surface area contributed by atoms with E-state index in [4.69, 9.17) is 5.26 Å². The van der Waals surface area contributed by atoms with Crippen LogP contribution in [-0.2, 0) is 11.2 Å². The maximum Gasteiger partial charge on any atom is 0.222 e. The first kappa shape index (κ1) is 16.5. The summed E-state index contributed by atoms with van der Waals surface area (Å²) >= 11 is 0. The minimum Gasteiger partial charge on any atom is -0.340 e. The Kier molecular flexibility index (Phi) is 5.97. The van der Waals surface area contributed by atoms with E-state index < -0.39 is 0 Å². The van der Waals surface area contributed by atoms with E-state index in [0.717, 1.165) is 44.7 Å². The van der Waals surface area contributed by atoms with Gasteiger partial charge >= 0.3 is 0 Å². The van der Waals surface area contributed by atoms with Gasteiger partial charge in [-0.25, -0.2) is 0 Å². The summed E-state index contributed by atoms with van der Waals surface area (Å²) in [5.41, 5.74) is 1.78. The highest BCUT2D eigenvalue weighted by Crippen LogP contribution is 2.10. The zero-order valence-electron chi connectivity index (χ0n) is 13.6. The Morgan fingerprint density at radius 3 is 2.36 bits per heavy atom. The molecule has 0 aliphatic carbocycles. The lowest BCUT2D eigenvalue weighted by atomic mass is 10.1. The van der Waals surface area contributed by atoms with Crippen molar-refractivity contribution in [2.45, 2.75) is 26.7 Å². The summed E-state index contributed by atoms with van der Waals surface area (Å²) in [4.78, 5) is 16.7. The predicted molar refractivity (Wildman–Crippen MR) is 87.3 cm³/mol. The summed E-state index contributed by atoms with van der Waals surface area (Å²) in [5, 5.41) is 8.78. The molecule has 1 heterocycles. The van der Waals surface area contributed by atoms with Crippen LogP contribution in [0.15, 0.2) is 24.3 Å². The topological polar surface area (TPSA) is 47.3 Å². The van der Waals surface area contributed by atoms with Gasteiger partial charge in [-0.05, 0) is 30.0 Å². The van der Waals surface area contributed by atoms with Crippen LogP contribution in [0.1, 0.15) is 31.4 Å². The molecule has 0 radical (unpaired) electrons. The lowest BCUT2D eigenvalue weighted by molar-refractivity contribution is -0.132. The van der Waals surface area contributed by atoms with E-state index in [2.05, 4.69) is 24.8 Å². The molecule has 1 fully saturated rings. The molecule has 1 aromatic carbocycles. The first-order valence-electron chi connectivity index (χ1n) is 8.07. The largest absolute Gasteiger partial charge is 0.340 e. The molecule has 4 heteroatoms. The van der Waals surface area contributed by atoms with Gasteiger partial charge in [0.25, 0.3) is 0 Å². The van der Waals surface area contributed by atoms with Gasteiger partial charge in [-0.2, -0.15) is 5.26 Å². The molecule has 1 saturated heterocycles. The molecule has 0 N–H and O–H groups in total. The van der Waals surface area contributed by atoms with Gasteiger partial charge in [-0.15, -0.1) is 0 Å². The summed E-state index contributed by atoms with van der Waals surface area (Å²) in [6.07, 6.45) is 1.30. The van der Waals surface area contributed by atoms with Crippen LogP contribution in [0.3, 0.4) is 0 Å². The van der Waals surface area contributed by atoms with Gasteiger partial charge in [-0.1, -0.05) is 26.0 Å². The number of hydrogen-bond acceptors (Lipinski definition) is 3. The van der Waals surface area contributed by atoms with Crippen LogP contribution in [0.25, 0.3) is 0 Å². The Labute approximate surface area is 133 Å². The van der Waals surface area contributed by atoms with Crippen LogP contribution in [-0.4, -0.2) is 48.4 Å². The summed E-state index contributed by atoms with van der Waals surface area (Å²) in [5.74, 6) is 0.923. The number of amides is 1. The second-order valence-corrected chi connectivity index (χ2v) is 6.38. The fourth-order valence-corrected chi connectivity index (χ4v) is 2.85. The standard InChI is InChI=1S/C18H25N3O/c1-15(2)14-20-9-11-21(12-10-20)18(22)8-7-16-3-5-17(13-19)6-4-16/h3-6,15H,7-12,14H2,1-2H3. The van der Waals surface area contributed by atoms with Crippen molar-refractivity contribution in [3.8, 4) is 6.07 Å². The lowest BCUT2D eigenvalue weighted by Crippen LogP contribution is -2.49. The third-order valence-corrected chi connectivity index (χ3v) is 4.06. The van der Waals surface area contributed by atoms with Crippen LogP contribution >= 0.6 is 0 Å². The molecule has 118 valence electrons. The van der Waals surface area contributed by atoms with Crippen LogP contribution < -0.4 is 0 Å². The highest BCUT2D eigenvalue weighted by Gasteiger charge is 2.20. The number of nitriles is 1. The number of aryl methyl sites for hydroxylation is 1. The molecular weight excluding hydrogens is 274 g/mol. The molecule has 2 rings (SSSR count). The van der Waals surface area contributed by atoms with Crippen molar-refractivity contribution in [2.24, 2.45) is 5.92 Å². The third kappa shape index (κ3) is 4.85. The number of benzene rings is 1. The first-order chi connectivity index (χ1) is 10.6. The minimum atomic E-state index is 0.244. The highest BCUT2D eigenvalue weighted by molar-refractivity contribution is 5.76. The summed E-state index contributed by atoms with van der Waals surface area (Å²) in [7, 11) is 0. The molecule has 0 unspecified atom stereocenters. The Balaban J connectivity index is 1.75.